The van der Waals surface area contributed by atoms with Crippen LogP contribution in [0.1, 0.15) is 13.3 Å². The zero-order valence-corrected chi connectivity index (χ0v) is 12.0. The van der Waals surface area contributed by atoms with E-state index in [-0.39, 0.29) is 6.10 Å². The summed E-state index contributed by atoms with van der Waals surface area (Å²) in [5.74, 6) is 0.840. The molecule has 84 valence electrons. The number of rotatable bonds is 5. The van der Waals surface area contributed by atoms with Crippen molar-refractivity contribution in [2.24, 2.45) is 0 Å². The molecule has 0 aromatic heterocycles. The van der Waals surface area contributed by atoms with Crippen LogP contribution >= 0.6 is 31.9 Å². The lowest BCUT2D eigenvalue weighted by Crippen LogP contribution is -2.19. The molecule has 0 aliphatic heterocycles. The Labute approximate surface area is 107 Å². The molecule has 1 aromatic rings. The molecule has 0 aliphatic carbocycles. The van der Waals surface area contributed by atoms with Crippen LogP contribution in [-0.4, -0.2) is 19.8 Å². The number of halogens is 2. The van der Waals surface area contributed by atoms with Crippen molar-refractivity contribution in [1.82, 2.24) is 0 Å². The van der Waals surface area contributed by atoms with E-state index in [4.69, 9.17) is 9.47 Å². The lowest BCUT2D eigenvalue weighted by molar-refractivity contribution is 0.0555. The molecule has 0 spiro atoms. The Morgan fingerprint density at radius 3 is 2.27 bits per heavy atom. The highest BCUT2D eigenvalue weighted by molar-refractivity contribution is 9.11. The molecule has 1 rings (SSSR count). The van der Waals surface area contributed by atoms with Gasteiger partial charge in [0.25, 0.3) is 0 Å². The van der Waals surface area contributed by atoms with Crippen molar-refractivity contribution in [3.8, 4) is 5.75 Å². The van der Waals surface area contributed by atoms with Crippen LogP contribution in [0.25, 0.3) is 0 Å². The van der Waals surface area contributed by atoms with Crippen LogP contribution in [0, 0.1) is 0 Å². The monoisotopic (exact) mass is 336 g/mol. The van der Waals surface area contributed by atoms with E-state index in [1.165, 1.54) is 0 Å². The minimum absolute atomic E-state index is 0.155. The Kier molecular flexibility index (Phi) is 5.64. The number of methoxy groups -OCH3 is 1. The second-order valence-corrected chi connectivity index (χ2v) is 5.01. The molecule has 0 radical (unpaired) electrons. The van der Waals surface area contributed by atoms with Gasteiger partial charge >= 0.3 is 0 Å². The average Bonchev–Trinajstić information content (AvgIpc) is 2.18. The van der Waals surface area contributed by atoms with Gasteiger partial charge in [0.15, 0.2) is 0 Å². The van der Waals surface area contributed by atoms with Gasteiger partial charge in [-0.2, -0.15) is 0 Å². The van der Waals surface area contributed by atoms with E-state index in [1.807, 2.05) is 18.2 Å². The van der Waals surface area contributed by atoms with Crippen LogP contribution in [0.5, 0.6) is 5.75 Å². The summed E-state index contributed by atoms with van der Waals surface area (Å²) in [6, 6.07) is 5.85. The highest BCUT2D eigenvalue weighted by Gasteiger charge is 2.05. The first kappa shape index (κ1) is 13.0. The summed E-state index contributed by atoms with van der Waals surface area (Å²) >= 11 is 6.83. The second kappa shape index (κ2) is 6.51. The van der Waals surface area contributed by atoms with Gasteiger partial charge in [-0.1, -0.05) is 38.8 Å². The van der Waals surface area contributed by atoms with E-state index >= 15 is 0 Å². The molecule has 0 N–H and O–H groups in total. The van der Waals surface area contributed by atoms with E-state index < -0.39 is 0 Å². The van der Waals surface area contributed by atoms with Gasteiger partial charge in [-0.25, -0.2) is 0 Å². The summed E-state index contributed by atoms with van der Waals surface area (Å²) in [4.78, 5) is 0. The molecule has 0 aliphatic rings. The molecule has 0 saturated heterocycles. The maximum absolute atomic E-state index is 5.63. The minimum Gasteiger partial charge on any atom is -0.491 e. The topological polar surface area (TPSA) is 18.5 Å². The summed E-state index contributed by atoms with van der Waals surface area (Å²) in [6.07, 6.45) is 1.11. The number of ether oxygens (including phenoxy) is 2. The van der Waals surface area contributed by atoms with Crippen LogP contribution in [-0.2, 0) is 4.74 Å². The summed E-state index contributed by atoms with van der Waals surface area (Å²) in [5.41, 5.74) is 0. The van der Waals surface area contributed by atoms with Gasteiger partial charge < -0.3 is 9.47 Å². The zero-order chi connectivity index (χ0) is 11.3. The molecule has 0 amide bonds. The molecule has 1 aromatic carbocycles. The molecule has 0 fully saturated rings. The third-order valence-electron chi connectivity index (χ3n) is 2.06. The standard InChI is InChI=1S/C11H14Br2O2/c1-3-10(14-2)7-15-11-5-8(12)4-9(13)6-11/h4-6,10H,3,7H2,1-2H3. The van der Waals surface area contributed by atoms with E-state index in [0.717, 1.165) is 21.1 Å². The van der Waals surface area contributed by atoms with Gasteiger partial charge in [0.2, 0.25) is 0 Å². The van der Waals surface area contributed by atoms with E-state index in [9.17, 15) is 0 Å². The van der Waals surface area contributed by atoms with Crippen molar-refractivity contribution >= 4 is 31.9 Å². The Morgan fingerprint density at radius 1 is 1.20 bits per heavy atom. The summed E-state index contributed by atoms with van der Waals surface area (Å²) in [5, 5.41) is 0. The van der Waals surface area contributed by atoms with Gasteiger partial charge in [-0.05, 0) is 24.6 Å². The molecule has 4 heteroatoms. The van der Waals surface area contributed by atoms with Gasteiger partial charge in [0.05, 0.1) is 6.10 Å². The molecule has 0 bridgehead atoms. The minimum atomic E-state index is 0.155. The van der Waals surface area contributed by atoms with Crippen molar-refractivity contribution in [3.05, 3.63) is 27.1 Å². The number of benzene rings is 1. The molecular weight excluding hydrogens is 324 g/mol. The Bertz CT molecular complexity index is 291. The van der Waals surface area contributed by atoms with Crippen molar-refractivity contribution in [3.63, 3.8) is 0 Å². The zero-order valence-electron chi connectivity index (χ0n) is 8.80. The predicted octanol–water partition coefficient (Wildman–Crippen LogP) is 4.02. The van der Waals surface area contributed by atoms with Gasteiger partial charge in [0, 0.05) is 16.1 Å². The van der Waals surface area contributed by atoms with Crippen LogP contribution in [0.4, 0.5) is 0 Å². The lowest BCUT2D eigenvalue weighted by atomic mass is 10.3. The van der Waals surface area contributed by atoms with E-state index in [0.29, 0.717) is 6.61 Å². The quantitative estimate of drug-likeness (QED) is 0.808. The fraction of sp³-hybridized carbons (Fsp3) is 0.455. The number of hydrogen-bond acceptors (Lipinski definition) is 2. The molecule has 0 saturated carbocycles. The van der Waals surface area contributed by atoms with Crippen molar-refractivity contribution < 1.29 is 9.47 Å². The fourth-order valence-corrected chi connectivity index (χ4v) is 2.41. The van der Waals surface area contributed by atoms with E-state index in [2.05, 4.69) is 38.8 Å². The normalized spacial score (nSPS) is 12.5. The van der Waals surface area contributed by atoms with Crippen LogP contribution in [0.15, 0.2) is 27.1 Å². The number of hydrogen-bond donors (Lipinski definition) is 0. The third kappa shape index (κ3) is 4.53. The second-order valence-electron chi connectivity index (χ2n) is 3.18. The molecule has 15 heavy (non-hydrogen) atoms. The van der Waals surface area contributed by atoms with Crippen LogP contribution < -0.4 is 4.74 Å². The predicted molar refractivity (Wildman–Crippen MR) is 68.4 cm³/mol. The summed E-state index contributed by atoms with van der Waals surface area (Å²) in [7, 11) is 1.70. The van der Waals surface area contributed by atoms with Crippen LogP contribution in [0.3, 0.4) is 0 Å². The highest BCUT2D eigenvalue weighted by atomic mass is 79.9. The third-order valence-corrected chi connectivity index (χ3v) is 2.98. The smallest absolute Gasteiger partial charge is 0.121 e. The highest BCUT2D eigenvalue weighted by Crippen LogP contribution is 2.25. The van der Waals surface area contributed by atoms with Gasteiger partial charge in [-0.3, -0.25) is 0 Å². The van der Waals surface area contributed by atoms with Crippen molar-refractivity contribution in [2.75, 3.05) is 13.7 Å². The SMILES string of the molecule is CCC(COc1cc(Br)cc(Br)c1)OC. The van der Waals surface area contributed by atoms with E-state index in [1.54, 1.807) is 7.11 Å². The first-order chi connectivity index (χ1) is 7.15. The molecular formula is C11H14Br2O2. The maximum Gasteiger partial charge on any atom is 0.121 e. The van der Waals surface area contributed by atoms with Gasteiger partial charge in [0.1, 0.15) is 12.4 Å². The average molecular weight is 338 g/mol. The molecule has 1 unspecified atom stereocenters. The molecule has 1 atom stereocenters. The largest absolute Gasteiger partial charge is 0.491 e. The van der Waals surface area contributed by atoms with Crippen molar-refractivity contribution in [1.29, 1.82) is 0 Å². The first-order valence-corrected chi connectivity index (χ1v) is 6.36. The molecule has 2 nitrogen and oxygen atoms in total. The lowest BCUT2D eigenvalue weighted by Gasteiger charge is -2.14. The Morgan fingerprint density at radius 2 is 1.80 bits per heavy atom. The summed E-state index contributed by atoms with van der Waals surface area (Å²) in [6.45, 7) is 2.66. The van der Waals surface area contributed by atoms with Crippen LogP contribution in [0.2, 0.25) is 0 Å². The fourth-order valence-electron chi connectivity index (χ4n) is 1.15. The van der Waals surface area contributed by atoms with Crippen molar-refractivity contribution in [2.45, 2.75) is 19.4 Å². The Hall–Kier alpha value is -0.0600. The molecule has 0 heterocycles. The van der Waals surface area contributed by atoms with Gasteiger partial charge in [-0.15, -0.1) is 0 Å². The first-order valence-electron chi connectivity index (χ1n) is 4.77. The summed E-state index contributed by atoms with van der Waals surface area (Å²) < 4.78 is 12.9. The Balaban J connectivity index is 2.57. The maximum atomic E-state index is 5.63.